The van der Waals surface area contributed by atoms with Crippen molar-refractivity contribution in [1.82, 2.24) is 4.57 Å². The number of fused-ring (bicyclic) bond motifs is 2. The summed E-state index contributed by atoms with van der Waals surface area (Å²) in [6.45, 7) is 2.85. The maximum atomic E-state index is 13.4. The molecule has 0 saturated carbocycles. The maximum Gasteiger partial charge on any atom is 0.255 e. The molecule has 4 aromatic rings. The predicted molar refractivity (Wildman–Crippen MR) is 106 cm³/mol. The van der Waals surface area contributed by atoms with Gasteiger partial charge in [-0.2, -0.15) is 0 Å². The fourth-order valence-corrected chi connectivity index (χ4v) is 4.03. The Bertz CT molecular complexity index is 1230. The van der Waals surface area contributed by atoms with Gasteiger partial charge in [-0.05, 0) is 17.7 Å². The van der Waals surface area contributed by atoms with E-state index in [1.807, 2.05) is 58.5 Å². The first kappa shape index (κ1) is 17.4. The fourth-order valence-electron chi connectivity index (χ4n) is 4.03. The first-order valence-electron chi connectivity index (χ1n) is 9.53. The zero-order valence-electron chi connectivity index (χ0n) is 16.0. The molecule has 1 aliphatic carbocycles. The summed E-state index contributed by atoms with van der Waals surface area (Å²) in [6, 6.07) is 20.7. The number of imidazole rings is 1. The summed E-state index contributed by atoms with van der Waals surface area (Å²) in [5, 5.41) is 0. The van der Waals surface area contributed by atoms with Gasteiger partial charge in [-0.25, -0.2) is 9.13 Å². The number of rotatable bonds is 4. The van der Waals surface area contributed by atoms with E-state index in [1.165, 1.54) is 0 Å². The highest BCUT2D eigenvalue weighted by Crippen LogP contribution is 2.28. The molecule has 29 heavy (non-hydrogen) atoms. The van der Waals surface area contributed by atoms with Crippen LogP contribution in [0.15, 0.2) is 77.4 Å². The molecule has 0 radical (unpaired) electrons. The van der Waals surface area contributed by atoms with E-state index in [1.54, 1.807) is 30.5 Å². The molecule has 2 aromatic heterocycles. The molecule has 0 unspecified atom stereocenters. The monoisotopic (exact) mass is 383 g/mol. The number of ketones is 2. The summed E-state index contributed by atoms with van der Waals surface area (Å²) in [4.78, 5) is 26.8. The highest BCUT2D eigenvalue weighted by Gasteiger charge is 2.43. The second kappa shape index (κ2) is 6.71. The molecular weight excluding hydrogens is 364 g/mol. The minimum absolute atomic E-state index is 0.118. The maximum absolute atomic E-state index is 13.4. The summed E-state index contributed by atoms with van der Waals surface area (Å²) in [5.74, 6) is 1.32. The van der Waals surface area contributed by atoms with Crippen LogP contribution in [0, 0.1) is 6.92 Å². The van der Waals surface area contributed by atoms with Crippen LogP contribution in [0.1, 0.15) is 49.3 Å². The zero-order valence-corrected chi connectivity index (χ0v) is 16.0. The van der Waals surface area contributed by atoms with E-state index in [2.05, 4.69) is 0 Å². The predicted octanol–water partition coefficient (Wildman–Crippen LogP) is 3.55. The van der Waals surface area contributed by atoms with Crippen LogP contribution in [0.25, 0.3) is 0 Å². The third kappa shape index (κ3) is 2.74. The molecule has 5 heteroatoms. The minimum atomic E-state index is -0.128. The van der Waals surface area contributed by atoms with Crippen LogP contribution in [0.2, 0.25) is 0 Å². The Morgan fingerprint density at radius 1 is 0.862 bits per heavy atom. The van der Waals surface area contributed by atoms with Crippen molar-refractivity contribution in [2.24, 2.45) is 0 Å². The van der Waals surface area contributed by atoms with Gasteiger partial charge >= 0.3 is 0 Å². The van der Waals surface area contributed by atoms with E-state index in [9.17, 15) is 9.59 Å². The molecule has 0 aliphatic heterocycles. The van der Waals surface area contributed by atoms with Gasteiger partial charge in [0.25, 0.3) is 5.82 Å². The Morgan fingerprint density at radius 3 is 2.24 bits per heavy atom. The number of hydrogen-bond acceptors (Lipinski definition) is 3. The van der Waals surface area contributed by atoms with Crippen LogP contribution in [0.3, 0.4) is 0 Å². The third-order valence-corrected chi connectivity index (χ3v) is 5.47. The second-order valence-corrected chi connectivity index (χ2v) is 7.19. The Balaban J connectivity index is 1.73. The molecular formula is C24H19N2O3+. The molecule has 0 bridgehead atoms. The summed E-state index contributed by atoms with van der Waals surface area (Å²) in [7, 11) is 0. The van der Waals surface area contributed by atoms with Crippen molar-refractivity contribution in [1.29, 1.82) is 0 Å². The molecule has 0 fully saturated rings. The van der Waals surface area contributed by atoms with Crippen molar-refractivity contribution in [3.05, 3.63) is 113 Å². The topological polar surface area (TPSA) is 56.1 Å². The summed E-state index contributed by atoms with van der Waals surface area (Å²) in [6.07, 6.45) is 1.61. The number of furan rings is 1. The van der Waals surface area contributed by atoms with Gasteiger partial charge in [0.2, 0.25) is 23.0 Å². The normalized spacial score (nSPS) is 12.7. The van der Waals surface area contributed by atoms with Crippen LogP contribution in [-0.4, -0.2) is 16.1 Å². The lowest BCUT2D eigenvalue weighted by atomic mass is 9.90. The third-order valence-electron chi connectivity index (χ3n) is 5.47. The largest absolute Gasteiger partial charge is 0.465 e. The van der Waals surface area contributed by atoms with Gasteiger partial charge in [-0.15, -0.1) is 0 Å². The van der Waals surface area contributed by atoms with Crippen LogP contribution < -0.4 is 4.57 Å². The van der Waals surface area contributed by atoms with Gasteiger partial charge in [-0.1, -0.05) is 54.6 Å². The highest BCUT2D eigenvalue weighted by molar-refractivity contribution is 6.26. The summed E-state index contributed by atoms with van der Waals surface area (Å²) in [5.41, 5.74) is 2.86. The van der Waals surface area contributed by atoms with E-state index in [0.29, 0.717) is 35.6 Å². The van der Waals surface area contributed by atoms with Gasteiger partial charge in [-0.3, -0.25) is 9.59 Å². The Kier molecular flexibility index (Phi) is 4.02. The molecule has 2 heterocycles. The lowest BCUT2D eigenvalue weighted by Gasteiger charge is -2.12. The second-order valence-electron chi connectivity index (χ2n) is 7.19. The molecule has 142 valence electrons. The lowest BCUT2D eigenvalue weighted by molar-refractivity contribution is -0.695. The quantitative estimate of drug-likeness (QED) is 0.446. The number of aromatic nitrogens is 2. The van der Waals surface area contributed by atoms with Gasteiger partial charge in [0, 0.05) is 18.1 Å². The van der Waals surface area contributed by atoms with Crippen LogP contribution in [-0.2, 0) is 13.1 Å². The van der Waals surface area contributed by atoms with E-state index >= 15 is 0 Å². The smallest absolute Gasteiger partial charge is 0.255 e. The summed E-state index contributed by atoms with van der Waals surface area (Å²) < 4.78 is 9.36. The molecule has 0 spiro atoms. The number of carbonyl (C=O) groups is 2. The van der Waals surface area contributed by atoms with E-state index in [-0.39, 0.29) is 11.6 Å². The Labute approximate surface area is 167 Å². The SMILES string of the molecule is Cc1n(Cc2ccco2)c2c([n+]1Cc1ccccc1)C(=O)c1ccccc1C2=O. The van der Waals surface area contributed by atoms with Crippen molar-refractivity contribution in [2.45, 2.75) is 20.0 Å². The highest BCUT2D eigenvalue weighted by atomic mass is 16.3. The first-order chi connectivity index (χ1) is 14.1. The molecule has 2 aromatic carbocycles. The van der Waals surface area contributed by atoms with Crippen LogP contribution >= 0.6 is 0 Å². The van der Waals surface area contributed by atoms with Gasteiger partial charge in [0.15, 0.2) is 0 Å². The van der Waals surface area contributed by atoms with Crippen LogP contribution in [0.5, 0.6) is 0 Å². The van der Waals surface area contributed by atoms with Crippen molar-refractivity contribution < 1.29 is 18.6 Å². The molecule has 1 aliphatic rings. The number of benzene rings is 2. The molecule has 0 atom stereocenters. The van der Waals surface area contributed by atoms with Crippen LogP contribution in [0.4, 0.5) is 0 Å². The van der Waals surface area contributed by atoms with Gasteiger partial charge < -0.3 is 4.42 Å². The number of nitrogens with zero attached hydrogens (tertiary/aromatic N) is 2. The fraction of sp³-hybridized carbons (Fsp3) is 0.125. The molecule has 0 amide bonds. The van der Waals surface area contributed by atoms with Gasteiger partial charge in [0.05, 0.1) is 6.26 Å². The molecule has 0 N–H and O–H groups in total. The molecule has 5 rings (SSSR count). The number of hydrogen-bond donors (Lipinski definition) is 0. The minimum Gasteiger partial charge on any atom is -0.465 e. The first-order valence-corrected chi connectivity index (χ1v) is 9.53. The molecule has 5 nitrogen and oxygen atoms in total. The average Bonchev–Trinajstić information content (AvgIpc) is 3.35. The van der Waals surface area contributed by atoms with Crippen molar-refractivity contribution >= 4 is 11.6 Å². The average molecular weight is 383 g/mol. The van der Waals surface area contributed by atoms with Crippen molar-refractivity contribution in [3.8, 4) is 0 Å². The zero-order chi connectivity index (χ0) is 20.0. The van der Waals surface area contributed by atoms with E-state index < -0.39 is 0 Å². The lowest BCUT2D eigenvalue weighted by Crippen LogP contribution is -2.43. The Morgan fingerprint density at radius 2 is 1.55 bits per heavy atom. The Hall–Kier alpha value is -3.73. The van der Waals surface area contributed by atoms with E-state index in [0.717, 1.165) is 17.1 Å². The van der Waals surface area contributed by atoms with Gasteiger partial charge in [0.1, 0.15) is 18.8 Å². The standard InChI is InChI=1S/C24H19N2O3/c1-16-25(14-17-8-3-2-4-9-17)21-22(26(16)15-18-10-7-13-29-18)24(28)20-12-6-5-11-19(20)23(21)27/h2-13H,14-15H2,1H3/q+1. The molecule has 0 saturated heterocycles. The van der Waals surface area contributed by atoms with Crippen molar-refractivity contribution in [3.63, 3.8) is 0 Å². The summed E-state index contributed by atoms with van der Waals surface area (Å²) >= 11 is 0. The van der Waals surface area contributed by atoms with E-state index in [4.69, 9.17) is 4.42 Å². The number of carbonyl (C=O) groups excluding carboxylic acids is 2. The van der Waals surface area contributed by atoms with Crippen molar-refractivity contribution in [2.75, 3.05) is 0 Å².